The average molecular weight is 262 g/mol. The van der Waals surface area contributed by atoms with Crippen molar-refractivity contribution in [1.29, 1.82) is 0 Å². The van der Waals surface area contributed by atoms with E-state index in [2.05, 4.69) is 20.5 Å². The van der Waals surface area contributed by atoms with Crippen molar-refractivity contribution in [3.05, 3.63) is 12.4 Å². The van der Waals surface area contributed by atoms with Gasteiger partial charge in [-0.25, -0.2) is 8.42 Å². The zero-order chi connectivity index (χ0) is 11.6. The van der Waals surface area contributed by atoms with Crippen LogP contribution in [0.5, 0.6) is 0 Å². The van der Waals surface area contributed by atoms with E-state index in [1.165, 1.54) is 12.4 Å². The molecule has 7 nitrogen and oxygen atoms in total. The van der Waals surface area contributed by atoms with Gasteiger partial charge in [-0.05, 0) is 16.8 Å². The van der Waals surface area contributed by atoms with E-state index in [1.54, 1.807) is 0 Å². The summed E-state index contributed by atoms with van der Waals surface area (Å²) < 4.78 is 24.9. The summed E-state index contributed by atoms with van der Waals surface area (Å²) in [6.45, 7) is 0. The van der Waals surface area contributed by atoms with Gasteiger partial charge in [-0.3, -0.25) is 4.98 Å². The first-order valence-electron chi connectivity index (χ1n) is 4.46. The number of aromatic nitrogens is 5. The van der Waals surface area contributed by atoms with Crippen LogP contribution in [0.3, 0.4) is 0 Å². The van der Waals surface area contributed by atoms with Crippen LogP contribution in [-0.4, -0.2) is 45.1 Å². The summed E-state index contributed by atoms with van der Waals surface area (Å²) >= 11 is 5.46. The van der Waals surface area contributed by atoms with Gasteiger partial charge in [0, 0.05) is 5.88 Å². The first kappa shape index (κ1) is 11.2. The minimum absolute atomic E-state index is 0.0138. The zero-order valence-corrected chi connectivity index (χ0v) is 9.69. The highest BCUT2D eigenvalue weighted by Crippen LogP contribution is 2.11. The molecule has 16 heavy (non-hydrogen) atoms. The van der Waals surface area contributed by atoms with E-state index in [4.69, 9.17) is 11.6 Å². The summed E-state index contributed by atoms with van der Waals surface area (Å²) in [6, 6.07) is 0. The summed E-state index contributed by atoms with van der Waals surface area (Å²) in [5, 5.41) is 10.6. The van der Waals surface area contributed by atoms with Crippen LogP contribution in [0.25, 0.3) is 5.65 Å². The lowest BCUT2D eigenvalue weighted by Crippen LogP contribution is -2.13. The van der Waals surface area contributed by atoms with Crippen LogP contribution in [0.15, 0.2) is 17.4 Å². The first-order valence-corrected chi connectivity index (χ1v) is 6.64. The summed E-state index contributed by atoms with van der Waals surface area (Å²) in [5.74, 6) is 0.245. The van der Waals surface area contributed by atoms with Gasteiger partial charge in [0.15, 0.2) is 20.5 Å². The molecule has 0 unspecified atom stereocenters. The Labute approximate surface area is 96.4 Å². The SMILES string of the molecule is O=S(=O)(CCCCl)c1cncc2nnnn12. The number of tetrazole rings is 1. The molecule has 0 spiro atoms. The molecule has 9 heteroatoms. The van der Waals surface area contributed by atoms with Crippen molar-refractivity contribution in [3.8, 4) is 0 Å². The second-order valence-corrected chi connectivity index (χ2v) is 5.49. The average Bonchev–Trinajstić information content (AvgIpc) is 2.73. The highest BCUT2D eigenvalue weighted by atomic mass is 35.5. The predicted molar refractivity (Wildman–Crippen MR) is 56.0 cm³/mol. The normalized spacial score (nSPS) is 12.1. The standard InChI is InChI=1S/C7H8ClN5O2S/c8-2-1-3-16(14,15)7-5-9-4-6-10-11-12-13(6)7/h4-5H,1-3H2. The number of sulfone groups is 1. The highest BCUT2D eigenvalue weighted by Gasteiger charge is 2.19. The van der Waals surface area contributed by atoms with E-state index in [9.17, 15) is 8.42 Å². The molecule has 2 aromatic heterocycles. The predicted octanol–water partition coefficient (Wildman–Crippen LogP) is -0.0781. The van der Waals surface area contributed by atoms with Crippen molar-refractivity contribution in [1.82, 2.24) is 25.0 Å². The number of nitrogens with zero attached hydrogens (tertiary/aromatic N) is 5. The van der Waals surface area contributed by atoms with Gasteiger partial charge < -0.3 is 0 Å². The van der Waals surface area contributed by atoms with Crippen LogP contribution >= 0.6 is 11.6 Å². The monoisotopic (exact) mass is 261 g/mol. The Balaban J connectivity index is 2.50. The Bertz CT molecular complexity index is 596. The van der Waals surface area contributed by atoms with Gasteiger partial charge in [-0.2, -0.15) is 4.52 Å². The number of alkyl halides is 1. The van der Waals surface area contributed by atoms with Crippen LogP contribution in [0.2, 0.25) is 0 Å². The molecule has 0 aromatic carbocycles. The minimum Gasteiger partial charge on any atom is -0.258 e. The minimum atomic E-state index is -3.45. The molecule has 0 aliphatic rings. The Morgan fingerprint density at radius 3 is 2.94 bits per heavy atom. The molecule has 0 saturated carbocycles. The maximum atomic E-state index is 11.9. The zero-order valence-electron chi connectivity index (χ0n) is 8.11. The van der Waals surface area contributed by atoms with Crippen molar-refractivity contribution in [3.63, 3.8) is 0 Å². The van der Waals surface area contributed by atoms with E-state index in [1.807, 2.05) is 0 Å². The molecule has 86 valence electrons. The van der Waals surface area contributed by atoms with Crippen LogP contribution in [-0.2, 0) is 9.84 Å². The fourth-order valence-electron chi connectivity index (χ4n) is 1.22. The molecule has 0 bridgehead atoms. The van der Waals surface area contributed by atoms with Gasteiger partial charge in [-0.15, -0.1) is 16.7 Å². The summed E-state index contributed by atoms with van der Waals surface area (Å²) in [4.78, 5) is 3.78. The van der Waals surface area contributed by atoms with E-state index in [0.717, 1.165) is 4.52 Å². The van der Waals surface area contributed by atoms with Crippen molar-refractivity contribution >= 4 is 27.1 Å². The molecule has 0 amide bonds. The maximum absolute atomic E-state index is 11.9. The van der Waals surface area contributed by atoms with Gasteiger partial charge in [0.1, 0.15) is 0 Å². The molecular weight excluding hydrogens is 254 g/mol. The third-order valence-corrected chi connectivity index (χ3v) is 3.95. The molecule has 2 aromatic rings. The van der Waals surface area contributed by atoms with Gasteiger partial charge >= 0.3 is 0 Å². The van der Waals surface area contributed by atoms with E-state index in [-0.39, 0.29) is 16.7 Å². The molecule has 2 heterocycles. The van der Waals surface area contributed by atoms with Crippen molar-refractivity contribution in [2.24, 2.45) is 0 Å². The summed E-state index contributed by atoms with van der Waals surface area (Å²) in [5.41, 5.74) is 0.298. The lowest BCUT2D eigenvalue weighted by molar-refractivity contribution is 0.583. The Hall–Kier alpha value is -1.28. The molecule has 0 saturated heterocycles. The van der Waals surface area contributed by atoms with E-state index in [0.29, 0.717) is 12.1 Å². The number of hydrogen-bond donors (Lipinski definition) is 0. The van der Waals surface area contributed by atoms with Crippen molar-refractivity contribution in [2.45, 2.75) is 11.4 Å². The molecule has 0 N–H and O–H groups in total. The molecule has 0 aliphatic carbocycles. The summed E-state index contributed by atoms with van der Waals surface area (Å²) in [7, 11) is -3.45. The molecule has 2 rings (SSSR count). The second kappa shape index (κ2) is 4.30. The maximum Gasteiger partial charge on any atom is 0.198 e. The quantitative estimate of drug-likeness (QED) is 0.715. The Morgan fingerprint density at radius 1 is 1.38 bits per heavy atom. The van der Waals surface area contributed by atoms with Crippen LogP contribution < -0.4 is 0 Å². The molecule has 0 radical (unpaired) electrons. The molecule has 0 fully saturated rings. The Morgan fingerprint density at radius 2 is 2.19 bits per heavy atom. The lowest BCUT2D eigenvalue weighted by Gasteiger charge is -2.03. The molecule has 0 atom stereocenters. The third kappa shape index (κ3) is 1.98. The Kier molecular flexibility index (Phi) is 3.01. The number of fused-ring (bicyclic) bond motifs is 1. The van der Waals surface area contributed by atoms with Gasteiger partial charge in [0.05, 0.1) is 18.1 Å². The van der Waals surface area contributed by atoms with Crippen LogP contribution in [0, 0.1) is 0 Å². The van der Waals surface area contributed by atoms with Crippen molar-refractivity contribution in [2.75, 3.05) is 11.6 Å². The van der Waals surface area contributed by atoms with Crippen molar-refractivity contribution < 1.29 is 8.42 Å². The second-order valence-electron chi connectivity index (χ2n) is 3.06. The third-order valence-electron chi connectivity index (χ3n) is 1.94. The highest BCUT2D eigenvalue weighted by molar-refractivity contribution is 7.91. The largest absolute Gasteiger partial charge is 0.258 e. The fourth-order valence-corrected chi connectivity index (χ4v) is 2.86. The topological polar surface area (TPSA) is 90.1 Å². The first-order chi connectivity index (χ1) is 7.65. The van der Waals surface area contributed by atoms with Gasteiger partial charge in [0.2, 0.25) is 0 Å². The van der Waals surface area contributed by atoms with Gasteiger partial charge in [-0.1, -0.05) is 0 Å². The summed E-state index contributed by atoms with van der Waals surface area (Å²) in [6.07, 6.45) is 3.00. The van der Waals surface area contributed by atoms with E-state index < -0.39 is 9.84 Å². The molecule has 0 aliphatic heterocycles. The van der Waals surface area contributed by atoms with Crippen LogP contribution in [0.1, 0.15) is 6.42 Å². The van der Waals surface area contributed by atoms with Crippen LogP contribution in [0.4, 0.5) is 0 Å². The number of halogens is 1. The smallest absolute Gasteiger partial charge is 0.198 e. The fraction of sp³-hybridized carbons (Fsp3) is 0.429. The van der Waals surface area contributed by atoms with Gasteiger partial charge in [0.25, 0.3) is 0 Å². The molecular formula is C7H8ClN5O2S. The number of hydrogen-bond acceptors (Lipinski definition) is 6. The van der Waals surface area contributed by atoms with E-state index >= 15 is 0 Å². The lowest BCUT2D eigenvalue weighted by atomic mass is 10.6. The number of rotatable bonds is 4.